The number of ether oxygens (including phenoxy) is 1. The first-order valence-corrected chi connectivity index (χ1v) is 11.7. The molecule has 0 saturated carbocycles. The van der Waals surface area contributed by atoms with Gasteiger partial charge in [0.25, 0.3) is 5.91 Å². The van der Waals surface area contributed by atoms with E-state index in [1.54, 1.807) is 17.9 Å². The number of carbonyl (C=O) groups is 2. The molecule has 0 unspecified atom stereocenters. The van der Waals surface area contributed by atoms with Gasteiger partial charge in [-0.05, 0) is 62.6 Å². The summed E-state index contributed by atoms with van der Waals surface area (Å²) in [4.78, 5) is 31.1. The van der Waals surface area contributed by atoms with Crippen LogP contribution in [0, 0.1) is 6.92 Å². The minimum atomic E-state index is -4.41. The van der Waals surface area contributed by atoms with E-state index in [0.717, 1.165) is 34.6 Å². The standard InChI is InChI=1S/C25H23F3N2O4S/c1-14-20(35-21(29-14)15-4-7-18(8-5-15)25(26,27)28)22(31)30-11-10-16-12-19(9-6-17(16)13-30)34-24(2,3)23(32)33/h4-9,12H,10-11,13H2,1-3H3,(H,32,33). The van der Waals surface area contributed by atoms with Gasteiger partial charge < -0.3 is 14.7 Å². The van der Waals surface area contributed by atoms with Crippen molar-refractivity contribution in [1.82, 2.24) is 9.88 Å². The number of alkyl halides is 3. The fourth-order valence-corrected chi connectivity index (χ4v) is 4.81. The van der Waals surface area contributed by atoms with Gasteiger partial charge >= 0.3 is 12.1 Å². The van der Waals surface area contributed by atoms with Gasteiger partial charge in [-0.15, -0.1) is 11.3 Å². The first-order chi connectivity index (χ1) is 16.3. The zero-order valence-electron chi connectivity index (χ0n) is 19.3. The highest BCUT2D eigenvalue weighted by molar-refractivity contribution is 7.17. The van der Waals surface area contributed by atoms with Gasteiger partial charge in [0.2, 0.25) is 0 Å². The van der Waals surface area contributed by atoms with E-state index < -0.39 is 23.3 Å². The summed E-state index contributed by atoms with van der Waals surface area (Å²) in [5.74, 6) is -0.797. The van der Waals surface area contributed by atoms with Crippen LogP contribution in [0.4, 0.5) is 13.2 Å². The number of nitrogens with zero attached hydrogens (tertiary/aromatic N) is 2. The third-order valence-electron chi connectivity index (χ3n) is 5.82. The molecule has 1 amide bonds. The molecule has 2 heterocycles. The molecule has 0 spiro atoms. The molecule has 4 rings (SSSR count). The number of fused-ring (bicyclic) bond motifs is 1. The first-order valence-electron chi connectivity index (χ1n) is 10.8. The van der Waals surface area contributed by atoms with E-state index in [-0.39, 0.29) is 5.91 Å². The lowest BCUT2D eigenvalue weighted by atomic mass is 9.99. The summed E-state index contributed by atoms with van der Waals surface area (Å²) in [5.41, 5.74) is 0.873. The highest BCUT2D eigenvalue weighted by Crippen LogP contribution is 2.34. The Hall–Kier alpha value is -3.40. The molecule has 1 aromatic heterocycles. The molecule has 35 heavy (non-hydrogen) atoms. The zero-order valence-corrected chi connectivity index (χ0v) is 20.1. The number of carboxylic acid groups (broad SMARTS) is 1. The molecular formula is C25H23F3N2O4S. The minimum absolute atomic E-state index is 0.184. The van der Waals surface area contributed by atoms with Crippen LogP contribution in [0.25, 0.3) is 10.6 Å². The van der Waals surface area contributed by atoms with Crippen LogP contribution in [0.15, 0.2) is 42.5 Å². The number of aryl methyl sites for hydroxylation is 1. The molecule has 0 bridgehead atoms. The van der Waals surface area contributed by atoms with Gasteiger partial charge in [0, 0.05) is 18.7 Å². The highest BCUT2D eigenvalue weighted by Gasteiger charge is 2.31. The van der Waals surface area contributed by atoms with Crippen LogP contribution < -0.4 is 4.74 Å². The van der Waals surface area contributed by atoms with E-state index in [4.69, 9.17) is 4.74 Å². The number of halogens is 3. The predicted molar refractivity (Wildman–Crippen MR) is 125 cm³/mol. The summed E-state index contributed by atoms with van der Waals surface area (Å²) in [7, 11) is 0. The number of rotatable bonds is 5. The molecule has 3 aromatic rings. The Balaban J connectivity index is 1.50. The maximum Gasteiger partial charge on any atom is 0.416 e. The number of benzene rings is 2. The number of hydrogen-bond acceptors (Lipinski definition) is 5. The van der Waals surface area contributed by atoms with Gasteiger partial charge in [0.1, 0.15) is 15.6 Å². The number of amides is 1. The van der Waals surface area contributed by atoms with E-state index in [2.05, 4.69) is 4.98 Å². The fraction of sp³-hybridized carbons (Fsp3) is 0.320. The first kappa shape index (κ1) is 24.7. The molecule has 2 aromatic carbocycles. The summed E-state index contributed by atoms with van der Waals surface area (Å²) >= 11 is 1.16. The van der Waals surface area contributed by atoms with Gasteiger partial charge in [-0.1, -0.05) is 18.2 Å². The SMILES string of the molecule is Cc1nc(-c2ccc(C(F)(F)F)cc2)sc1C(=O)N1CCc2cc(OC(C)(C)C(=O)O)ccc2C1. The zero-order chi connectivity index (χ0) is 25.5. The molecule has 0 atom stereocenters. The normalized spacial score (nSPS) is 13.9. The van der Waals surface area contributed by atoms with Gasteiger partial charge in [0.15, 0.2) is 5.60 Å². The van der Waals surface area contributed by atoms with E-state index in [1.807, 2.05) is 12.1 Å². The van der Waals surface area contributed by atoms with Crippen molar-refractivity contribution < 1.29 is 32.6 Å². The van der Waals surface area contributed by atoms with E-state index in [9.17, 15) is 27.9 Å². The molecule has 6 nitrogen and oxygen atoms in total. The van der Waals surface area contributed by atoms with Crippen molar-refractivity contribution in [2.45, 2.75) is 45.5 Å². The quantitative estimate of drug-likeness (QED) is 0.491. The second-order valence-electron chi connectivity index (χ2n) is 8.83. The number of hydrogen-bond donors (Lipinski definition) is 1. The number of aromatic nitrogens is 1. The van der Waals surface area contributed by atoms with Crippen LogP contribution in [-0.4, -0.2) is 39.0 Å². The molecule has 1 aliphatic heterocycles. The van der Waals surface area contributed by atoms with E-state index in [1.165, 1.54) is 26.0 Å². The van der Waals surface area contributed by atoms with Crippen molar-refractivity contribution in [2.24, 2.45) is 0 Å². The smallest absolute Gasteiger partial charge is 0.416 e. The van der Waals surface area contributed by atoms with Crippen molar-refractivity contribution in [2.75, 3.05) is 6.54 Å². The van der Waals surface area contributed by atoms with Crippen molar-refractivity contribution in [1.29, 1.82) is 0 Å². The monoisotopic (exact) mass is 504 g/mol. The Morgan fingerprint density at radius 3 is 2.40 bits per heavy atom. The molecule has 0 aliphatic carbocycles. The Morgan fingerprint density at radius 1 is 1.09 bits per heavy atom. The summed E-state index contributed by atoms with van der Waals surface area (Å²) in [6.45, 7) is 5.51. The van der Waals surface area contributed by atoms with Gasteiger partial charge in [-0.25, -0.2) is 9.78 Å². The third-order valence-corrected chi connectivity index (χ3v) is 7.01. The van der Waals surface area contributed by atoms with E-state index >= 15 is 0 Å². The Kier molecular flexibility index (Phi) is 6.35. The van der Waals surface area contributed by atoms with Crippen molar-refractivity contribution in [3.05, 3.63) is 69.7 Å². The van der Waals surface area contributed by atoms with Crippen LogP contribution in [0.3, 0.4) is 0 Å². The molecule has 0 fully saturated rings. The van der Waals surface area contributed by atoms with Crippen molar-refractivity contribution in [3.8, 4) is 16.3 Å². The summed E-state index contributed by atoms with van der Waals surface area (Å²) < 4.78 is 44.1. The second kappa shape index (κ2) is 8.99. The topological polar surface area (TPSA) is 79.7 Å². The molecule has 184 valence electrons. The Morgan fingerprint density at radius 2 is 1.77 bits per heavy atom. The minimum Gasteiger partial charge on any atom is -0.478 e. The fourth-order valence-electron chi connectivity index (χ4n) is 3.77. The highest BCUT2D eigenvalue weighted by atomic mass is 32.1. The number of aliphatic carboxylic acids is 1. The molecule has 0 radical (unpaired) electrons. The van der Waals surface area contributed by atoms with Crippen molar-refractivity contribution in [3.63, 3.8) is 0 Å². The van der Waals surface area contributed by atoms with Crippen LogP contribution in [0.1, 0.15) is 45.9 Å². The molecule has 10 heteroatoms. The van der Waals surface area contributed by atoms with Crippen LogP contribution in [0.5, 0.6) is 5.75 Å². The average Bonchev–Trinajstić information content (AvgIpc) is 3.19. The van der Waals surface area contributed by atoms with Gasteiger partial charge in [-0.3, -0.25) is 4.79 Å². The van der Waals surface area contributed by atoms with Crippen LogP contribution >= 0.6 is 11.3 Å². The molecule has 1 N–H and O–H groups in total. The maximum absolute atomic E-state index is 13.2. The molecule has 1 aliphatic rings. The van der Waals surface area contributed by atoms with Crippen LogP contribution in [-0.2, 0) is 23.9 Å². The summed E-state index contributed by atoms with van der Waals surface area (Å²) in [5, 5.41) is 9.75. The molecular weight excluding hydrogens is 481 g/mol. The summed E-state index contributed by atoms with van der Waals surface area (Å²) in [6, 6.07) is 10.1. The average molecular weight is 505 g/mol. The van der Waals surface area contributed by atoms with E-state index in [0.29, 0.717) is 46.4 Å². The van der Waals surface area contributed by atoms with Gasteiger partial charge in [0.05, 0.1) is 11.3 Å². The lowest BCUT2D eigenvalue weighted by Gasteiger charge is -2.29. The largest absolute Gasteiger partial charge is 0.478 e. The Bertz CT molecular complexity index is 1280. The van der Waals surface area contributed by atoms with Crippen LogP contribution in [0.2, 0.25) is 0 Å². The second-order valence-corrected chi connectivity index (χ2v) is 9.83. The number of carboxylic acids is 1. The molecule has 0 saturated heterocycles. The van der Waals surface area contributed by atoms with Crippen molar-refractivity contribution >= 4 is 23.2 Å². The number of thiazole rings is 1. The lowest BCUT2D eigenvalue weighted by Crippen LogP contribution is -2.38. The maximum atomic E-state index is 13.2. The van der Waals surface area contributed by atoms with Gasteiger partial charge in [-0.2, -0.15) is 13.2 Å². The Labute approximate surface area is 204 Å². The third kappa shape index (κ3) is 5.17. The number of carbonyl (C=O) groups excluding carboxylic acids is 1. The summed E-state index contributed by atoms with van der Waals surface area (Å²) in [6.07, 6.45) is -3.84. The lowest BCUT2D eigenvalue weighted by molar-refractivity contribution is -0.152. The predicted octanol–water partition coefficient (Wildman–Crippen LogP) is 5.58.